The number of aromatic nitrogens is 1. The van der Waals surface area contributed by atoms with Gasteiger partial charge >= 0.3 is 11.9 Å². The van der Waals surface area contributed by atoms with Gasteiger partial charge in [0.1, 0.15) is 0 Å². The summed E-state index contributed by atoms with van der Waals surface area (Å²) in [5.74, 6) is -1.33. The van der Waals surface area contributed by atoms with E-state index < -0.39 is 11.9 Å². The van der Waals surface area contributed by atoms with Gasteiger partial charge in [-0.25, -0.2) is 4.79 Å². The molecule has 1 heterocycles. The number of ether oxygens (including phenoxy) is 1. The van der Waals surface area contributed by atoms with Gasteiger partial charge in [-0.05, 0) is 13.0 Å². The van der Waals surface area contributed by atoms with Gasteiger partial charge < -0.3 is 15.2 Å². The average molecular weight is 238 g/mol. The van der Waals surface area contributed by atoms with E-state index in [1.165, 1.54) is 12.4 Å². The lowest BCUT2D eigenvalue weighted by atomic mass is 10.2. The fraction of sp³-hybridized carbons (Fsp3) is 0.364. The Bertz CT molecular complexity index is 406. The van der Waals surface area contributed by atoms with Gasteiger partial charge in [0.2, 0.25) is 0 Å². The Morgan fingerprint density at radius 1 is 1.47 bits per heavy atom. The van der Waals surface area contributed by atoms with Gasteiger partial charge in [0.15, 0.2) is 0 Å². The summed E-state index contributed by atoms with van der Waals surface area (Å²) in [6.45, 7) is 2.30. The van der Waals surface area contributed by atoms with E-state index in [0.717, 1.165) is 0 Å². The van der Waals surface area contributed by atoms with E-state index in [0.29, 0.717) is 17.9 Å². The maximum atomic E-state index is 11.4. The second kappa shape index (κ2) is 6.47. The molecule has 0 atom stereocenters. The van der Waals surface area contributed by atoms with Crippen LogP contribution in [0.4, 0.5) is 5.69 Å². The quantitative estimate of drug-likeness (QED) is 0.722. The standard InChI is InChI=1S/C11H14N2O4/c1-2-17-11(16)8-5-9(7-12-6-8)13-4-3-10(14)15/h5-7,13H,2-4H2,1H3,(H,14,15). The number of hydrogen-bond acceptors (Lipinski definition) is 5. The van der Waals surface area contributed by atoms with Crippen LogP contribution in [0.3, 0.4) is 0 Å². The number of hydrogen-bond donors (Lipinski definition) is 2. The Morgan fingerprint density at radius 3 is 2.88 bits per heavy atom. The van der Waals surface area contributed by atoms with E-state index in [-0.39, 0.29) is 13.0 Å². The topological polar surface area (TPSA) is 88.5 Å². The van der Waals surface area contributed by atoms with Crippen LogP contribution in [0.1, 0.15) is 23.7 Å². The molecule has 1 aromatic rings. The number of aliphatic carboxylic acids is 1. The third-order valence-electron chi connectivity index (χ3n) is 1.92. The zero-order chi connectivity index (χ0) is 12.7. The summed E-state index contributed by atoms with van der Waals surface area (Å²) in [5.41, 5.74) is 0.934. The Labute approximate surface area is 98.6 Å². The van der Waals surface area contributed by atoms with E-state index in [1.54, 1.807) is 13.0 Å². The molecule has 0 unspecified atom stereocenters. The zero-order valence-corrected chi connectivity index (χ0v) is 9.47. The molecule has 0 aliphatic rings. The van der Waals surface area contributed by atoms with Crippen molar-refractivity contribution in [3.63, 3.8) is 0 Å². The van der Waals surface area contributed by atoms with Crippen molar-refractivity contribution in [1.82, 2.24) is 4.98 Å². The van der Waals surface area contributed by atoms with Crippen LogP contribution < -0.4 is 5.32 Å². The number of rotatable bonds is 6. The highest BCUT2D eigenvalue weighted by atomic mass is 16.5. The Morgan fingerprint density at radius 2 is 2.24 bits per heavy atom. The third-order valence-corrected chi connectivity index (χ3v) is 1.92. The molecule has 1 rings (SSSR count). The maximum Gasteiger partial charge on any atom is 0.339 e. The molecule has 0 fully saturated rings. The summed E-state index contributed by atoms with van der Waals surface area (Å²) in [6, 6.07) is 1.58. The van der Waals surface area contributed by atoms with Crippen LogP contribution >= 0.6 is 0 Å². The number of carboxylic acids is 1. The Balaban J connectivity index is 2.59. The SMILES string of the molecule is CCOC(=O)c1cncc(NCCC(=O)O)c1. The predicted octanol–water partition coefficient (Wildman–Crippen LogP) is 1.14. The summed E-state index contributed by atoms with van der Waals surface area (Å²) < 4.78 is 4.82. The molecule has 17 heavy (non-hydrogen) atoms. The van der Waals surface area contributed by atoms with E-state index in [2.05, 4.69) is 10.3 Å². The van der Waals surface area contributed by atoms with Gasteiger partial charge in [-0.1, -0.05) is 0 Å². The number of pyridine rings is 1. The van der Waals surface area contributed by atoms with Crippen molar-refractivity contribution in [2.24, 2.45) is 0 Å². The van der Waals surface area contributed by atoms with Gasteiger partial charge in [-0.3, -0.25) is 9.78 Å². The van der Waals surface area contributed by atoms with Crippen molar-refractivity contribution in [2.45, 2.75) is 13.3 Å². The maximum absolute atomic E-state index is 11.4. The largest absolute Gasteiger partial charge is 0.481 e. The first-order valence-corrected chi connectivity index (χ1v) is 5.21. The number of carbonyl (C=O) groups is 2. The van der Waals surface area contributed by atoms with Crippen molar-refractivity contribution in [3.05, 3.63) is 24.0 Å². The van der Waals surface area contributed by atoms with Gasteiger partial charge in [-0.15, -0.1) is 0 Å². The summed E-state index contributed by atoms with van der Waals surface area (Å²) in [4.78, 5) is 25.6. The molecule has 0 bridgehead atoms. The Kier molecular flexibility index (Phi) is 4.93. The number of carbonyl (C=O) groups excluding carboxylic acids is 1. The first-order valence-electron chi connectivity index (χ1n) is 5.21. The second-order valence-corrected chi connectivity index (χ2v) is 3.25. The third kappa shape index (κ3) is 4.50. The van der Waals surface area contributed by atoms with Crippen molar-refractivity contribution < 1.29 is 19.4 Å². The van der Waals surface area contributed by atoms with Crippen molar-refractivity contribution >= 4 is 17.6 Å². The highest BCUT2D eigenvalue weighted by Crippen LogP contribution is 2.09. The molecule has 0 saturated carbocycles. The lowest BCUT2D eigenvalue weighted by molar-refractivity contribution is -0.136. The van der Waals surface area contributed by atoms with Crippen molar-refractivity contribution in [3.8, 4) is 0 Å². The average Bonchev–Trinajstić information content (AvgIpc) is 2.29. The first-order chi connectivity index (χ1) is 8.13. The van der Waals surface area contributed by atoms with Crippen LogP contribution in [0.2, 0.25) is 0 Å². The minimum Gasteiger partial charge on any atom is -0.481 e. The molecule has 0 spiro atoms. The molecule has 0 aromatic carbocycles. The number of nitrogens with zero attached hydrogens (tertiary/aromatic N) is 1. The van der Waals surface area contributed by atoms with Crippen LogP contribution in [0.15, 0.2) is 18.5 Å². The first kappa shape index (κ1) is 13.0. The molecule has 0 radical (unpaired) electrons. The van der Waals surface area contributed by atoms with E-state index in [1.807, 2.05) is 0 Å². The minimum absolute atomic E-state index is 0.00361. The molecular weight excluding hydrogens is 224 g/mol. The van der Waals surface area contributed by atoms with Crippen LogP contribution in [-0.2, 0) is 9.53 Å². The number of nitrogens with one attached hydrogen (secondary N) is 1. The van der Waals surface area contributed by atoms with Crippen LogP contribution in [0.25, 0.3) is 0 Å². The number of esters is 1. The van der Waals surface area contributed by atoms with Gasteiger partial charge in [0.25, 0.3) is 0 Å². The zero-order valence-electron chi connectivity index (χ0n) is 9.47. The molecule has 6 heteroatoms. The van der Waals surface area contributed by atoms with E-state index >= 15 is 0 Å². The normalized spacial score (nSPS) is 9.71. The van der Waals surface area contributed by atoms with Crippen LogP contribution in [0, 0.1) is 0 Å². The summed E-state index contributed by atoms with van der Waals surface area (Å²) in [7, 11) is 0. The molecule has 0 amide bonds. The molecular formula is C11H14N2O4. The Hall–Kier alpha value is -2.11. The molecule has 6 nitrogen and oxygen atoms in total. The minimum atomic E-state index is -0.882. The molecule has 0 aliphatic heterocycles. The lowest BCUT2D eigenvalue weighted by Crippen LogP contribution is -2.09. The van der Waals surface area contributed by atoms with Crippen molar-refractivity contribution in [2.75, 3.05) is 18.5 Å². The molecule has 1 aromatic heterocycles. The van der Waals surface area contributed by atoms with Gasteiger partial charge in [-0.2, -0.15) is 0 Å². The highest BCUT2D eigenvalue weighted by Gasteiger charge is 2.07. The number of carboxylic acid groups (broad SMARTS) is 1. The predicted molar refractivity (Wildman–Crippen MR) is 60.9 cm³/mol. The summed E-state index contributed by atoms with van der Waals surface area (Å²) in [6.07, 6.45) is 2.93. The van der Waals surface area contributed by atoms with Crippen molar-refractivity contribution in [1.29, 1.82) is 0 Å². The van der Waals surface area contributed by atoms with E-state index in [4.69, 9.17) is 9.84 Å². The molecule has 92 valence electrons. The van der Waals surface area contributed by atoms with E-state index in [9.17, 15) is 9.59 Å². The highest BCUT2D eigenvalue weighted by molar-refractivity contribution is 5.90. The monoisotopic (exact) mass is 238 g/mol. The van der Waals surface area contributed by atoms with Gasteiger partial charge in [0.05, 0.1) is 24.3 Å². The summed E-state index contributed by atoms with van der Waals surface area (Å²) >= 11 is 0. The second-order valence-electron chi connectivity index (χ2n) is 3.25. The smallest absolute Gasteiger partial charge is 0.339 e. The molecule has 0 saturated heterocycles. The molecule has 2 N–H and O–H groups in total. The van der Waals surface area contributed by atoms with Crippen LogP contribution in [-0.4, -0.2) is 35.2 Å². The van der Waals surface area contributed by atoms with Crippen LogP contribution in [0.5, 0.6) is 0 Å². The molecule has 0 aliphatic carbocycles. The fourth-order valence-electron chi connectivity index (χ4n) is 1.18. The lowest BCUT2D eigenvalue weighted by Gasteiger charge is -2.06. The fourth-order valence-corrected chi connectivity index (χ4v) is 1.18. The summed E-state index contributed by atoms with van der Waals surface area (Å²) in [5, 5.41) is 11.3. The van der Waals surface area contributed by atoms with Gasteiger partial charge in [0, 0.05) is 18.9 Å². The number of anilines is 1.